The molecule has 186 valence electrons. The van der Waals surface area contributed by atoms with Crippen molar-refractivity contribution in [2.45, 2.75) is 52.0 Å². The average Bonchev–Trinajstić information content (AvgIpc) is 2.86. The third-order valence-corrected chi connectivity index (χ3v) is 7.66. The lowest BCUT2D eigenvalue weighted by molar-refractivity contribution is -0.119. The number of hydrogen-bond donors (Lipinski definition) is 1. The van der Waals surface area contributed by atoms with Crippen LogP contribution in [-0.2, 0) is 34.2 Å². The predicted molar refractivity (Wildman–Crippen MR) is 140 cm³/mol. The number of carbonyl (C=O) groups excluding carboxylic acids is 1. The molecular weight excluding hydrogens is 460 g/mol. The summed E-state index contributed by atoms with van der Waals surface area (Å²) in [5, 5.41) is 2.92. The number of amides is 1. The zero-order valence-corrected chi connectivity index (χ0v) is 21.7. The largest absolute Gasteiger partial charge is 0.494 e. The van der Waals surface area contributed by atoms with Gasteiger partial charge in [0.05, 0.1) is 17.2 Å². The van der Waals surface area contributed by atoms with Crippen LogP contribution in [0, 0.1) is 6.92 Å². The molecule has 0 bridgehead atoms. The highest BCUT2D eigenvalue weighted by atomic mass is 32.2. The highest BCUT2D eigenvalue weighted by Gasteiger charge is 2.27. The Morgan fingerprint density at radius 2 is 1.57 bits per heavy atom. The molecule has 0 unspecified atom stereocenters. The van der Waals surface area contributed by atoms with Crippen molar-refractivity contribution in [3.05, 3.63) is 89.0 Å². The van der Waals surface area contributed by atoms with Gasteiger partial charge in [0.25, 0.3) is 10.0 Å². The maximum atomic E-state index is 13.6. The van der Waals surface area contributed by atoms with E-state index < -0.39 is 10.0 Å². The van der Waals surface area contributed by atoms with Crippen molar-refractivity contribution in [1.29, 1.82) is 0 Å². The quantitative estimate of drug-likeness (QED) is 0.406. The van der Waals surface area contributed by atoms with Gasteiger partial charge >= 0.3 is 0 Å². The van der Waals surface area contributed by atoms with E-state index in [0.29, 0.717) is 24.6 Å². The van der Waals surface area contributed by atoms with Crippen molar-refractivity contribution in [2.24, 2.45) is 0 Å². The molecule has 0 saturated heterocycles. The van der Waals surface area contributed by atoms with Crippen LogP contribution < -0.4 is 14.4 Å². The number of sulfonamides is 1. The Kier molecular flexibility index (Phi) is 8.93. The first kappa shape index (κ1) is 26.3. The van der Waals surface area contributed by atoms with Gasteiger partial charge in [-0.15, -0.1) is 0 Å². The number of anilines is 1. The highest BCUT2D eigenvalue weighted by Crippen LogP contribution is 2.26. The number of nitrogens with one attached hydrogen (secondary N) is 1. The smallest absolute Gasteiger partial charge is 0.264 e. The molecule has 0 aromatic heterocycles. The van der Waals surface area contributed by atoms with Gasteiger partial charge in [0, 0.05) is 6.54 Å². The first-order valence-electron chi connectivity index (χ1n) is 12.0. The Labute approximate surface area is 209 Å². The molecule has 0 spiro atoms. The van der Waals surface area contributed by atoms with Crippen molar-refractivity contribution < 1.29 is 17.9 Å². The topological polar surface area (TPSA) is 75.7 Å². The second-order valence-corrected chi connectivity index (χ2v) is 10.2. The van der Waals surface area contributed by atoms with Crippen LogP contribution in [0.2, 0.25) is 0 Å². The van der Waals surface area contributed by atoms with Crippen LogP contribution in [0.15, 0.2) is 71.6 Å². The number of nitrogens with zero attached hydrogens (tertiary/aromatic N) is 1. The second-order valence-electron chi connectivity index (χ2n) is 8.34. The summed E-state index contributed by atoms with van der Waals surface area (Å²) in [4.78, 5) is 13.1. The maximum absolute atomic E-state index is 13.6. The molecular formula is C28H34N2O4S. The molecule has 0 atom stereocenters. The van der Waals surface area contributed by atoms with Crippen LogP contribution in [0.1, 0.15) is 43.0 Å². The molecule has 0 radical (unpaired) electrons. The molecule has 0 heterocycles. The fraction of sp³-hybridized carbons (Fsp3) is 0.321. The van der Waals surface area contributed by atoms with E-state index in [2.05, 4.69) is 37.4 Å². The SMILES string of the molecule is CCOc1ccc(N(CC(=O)NCc2cc(CC)ccc2CC)S(=O)(=O)c2ccc(C)cc2)cc1. The van der Waals surface area contributed by atoms with Crippen LogP contribution in [0.25, 0.3) is 0 Å². The third-order valence-electron chi connectivity index (χ3n) is 5.87. The monoisotopic (exact) mass is 494 g/mol. The van der Waals surface area contributed by atoms with Gasteiger partial charge in [0.2, 0.25) is 5.91 Å². The summed E-state index contributed by atoms with van der Waals surface area (Å²) in [6.45, 7) is 8.46. The number of carbonyl (C=O) groups is 1. The Bertz CT molecular complexity index is 1240. The van der Waals surface area contributed by atoms with Gasteiger partial charge in [-0.3, -0.25) is 9.10 Å². The van der Waals surface area contributed by atoms with E-state index >= 15 is 0 Å². The minimum atomic E-state index is -3.97. The first-order chi connectivity index (χ1) is 16.8. The van der Waals surface area contributed by atoms with Crippen molar-refractivity contribution in [3.8, 4) is 5.75 Å². The van der Waals surface area contributed by atoms with E-state index in [1.807, 2.05) is 13.8 Å². The number of hydrogen-bond acceptors (Lipinski definition) is 4. The summed E-state index contributed by atoms with van der Waals surface area (Å²) >= 11 is 0. The number of rotatable bonds is 11. The van der Waals surface area contributed by atoms with Crippen LogP contribution in [0.5, 0.6) is 5.75 Å². The van der Waals surface area contributed by atoms with Gasteiger partial charge in [-0.05, 0) is 79.8 Å². The van der Waals surface area contributed by atoms with Crippen molar-refractivity contribution in [2.75, 3.05) is 17.5 Å². The van der Waals surface area contributed by atoms with Gasteiger partial charge in [-0.2, -0.15) is 0 Å². The minimum absolute atomic E-state index is 0.133. The predicted octanol–water partition coefficient (Wildman–Crippen LogP) is 5.03. The zero-order valence-electron chi connectivity index (χ0n) is 20.9. The van der Waals surface area contributed by atoms with E-state index in [4.69, 9.17) is 4.74 Å². The third kappa shape index (κ3) is 6.63. The summed E-state index contributed by atoms with van der Waals surface area (Å²) in [6.07, 6.45) is 1.76. The lowest BCUT2D eigenvalue weighted by atomic mass is 10.0. The summed E-state index contributed by atoms with van der Waals surface area (Å²) in [6, 6.07) is 19.6. The zero-order chi connectivity index (χ0) is 25.4. The first-order valence-corrected chi connectivity index (χ1v) is 13.4. The highest BCUT2D eigenvalue weighted by molar-refractivity contribution is 7.92. The molecule has 0 aliphatic heterocycles. The van der Waals surface area contributed by atoms with Crippen molar-refractivity contribution in [3.63, 3.8) is 0 Å². The van der Waals surface area contributed by atoms with Gasteiger partial charge < -0.3 is 10.1 Å². The lowest BCUT2D eigenvalue weighted by Gasteiger charge is -2.24. The van der Waals surface area contributed by atoms with Gasteiger partial charge in [0.1, 0.15) is 12.3 Å². The summed E-state index contributed by atoms with van der Waals surface area (Å²) < 4.78 is 33.8. The molecule has 0 aliphatic carbocycles. The lowest BCUT2D eigenvalue weighted by Crippen LogP contribution is -2.40. The minimum Gasteiger partial charge on any atom is -0.494 e. The number of ether oxygens (including phenoxy) is 1. The Morgan fingerprint density at radius 3 is 2.17 bits per heavy atom. The van der Waals surface area contributed by atoms with E-state index in [1.165, 1.54) is 5.56 Å². The molecule has 0 saturated carbocycles. The average molecular weight is 495 g/mol. The van der Waals surface area contributed by atoms with Crippen LogP contribution in [0.4, 0.5) is 5.69 Å². The molecule has 1 N–H and O–H groups in total. The molecule has 3 aromatic rings. The molecule has 3 aromatic carbocycles. The van der Waals surface area contributed by atoms with Crippen LogP contribution >= 0.6 is 0 Å². The molecule has 1 amide bonds. The van der Waals surface area contributed by atoms with E-state index in [1.54, 1.807) is 48.5 Å². The fourth-order valence-electron chi connectivity index (χ4n) is 3.82. The molecule has 0 fully saturated rings. The maximum Gasteiger partial charge on any atom is 0.264 e. The molecule has 35 heavy (non-hydrogen) atoms. The van der Waals surface area contributed by atoms with Crippen molar-refractivity contribution >= 4 is 21.6 Å². The molecule has 3 rings (SSSR count). The summed E-state index contributed by atoms with van der Waals surface area (Å²) in [5.41, 5.74) is 4.76. The number of benzene rings is 3. The van der Waals surface area contributed by atoms with E-state index in [9.17, 15) is 13.2 Å². The van der Waals surface area contributed by atoms with Crippen molar-refractivity contribution in [1.82, 2.24) is 5.32 Å². The second kappa shape index (κ2) is 11.9. The molecule has 7 heteroatoms. The van der Waals surface area contributed by atoms with E-state index in [-0.39, 0.29) is 17.3 Å². The standard InChI is InChI=1S/C28H34N2O4S/c1-5-22-10-11-23(6-2)24(18-22)19-29-28(31)20-30(25-12-14-26(15-13-25)34-7-3)35(32,33)27-16-8-21(4)9-17-27/h8-18H,5-7,19-20H2,1-4H3,(H,29,31). The normalized spacial score (nSPS) is 11.2. The molecule has 6 nitrogen and oxygen atoms in total. The Hall–Kier alpha value is -3.32. The van der Waals surface area contributed by atoms with Crippen LogP contribution in [-0.4, -0.2) is 27.5 Å². The summed E-state index contributed by atoms with van der Waals surface area (Å²) in [7, 11) is -3.97. The van der Waals surface area contributed by atoms with Gasteiger partial charge in [-0.25, -0.2) is 8.42 Å². The van der Waals surface area contributed by atoms with Crippen LogP contribution in [0.3, 0.4) is 0 Å². The summed E-state index contributed by atoms with van der Waals surface area (Å²) in [5.74, 6) is 0.259. The van der Waals surface area contributed by atoms with Gasteiger partial charge in [0.15, 0.2) is 0 Å². The van der Waals surface area contributed by atoms with Gasteiger partial charge in [-0.1, -0.05) is 49.7 Å². The molecule has 0 aliphatic rings. The number of aryl methyl sites for hydroxylation is 3. The Morgan fingerprint density at radius 1 is 0.886 bits per heavy atom. The van der Waals surface area contributed by atoms with E-state index in [0.717, 1.165) is 33.8 Å². The Balaban J connectivity index is 1.86. The fourth-order valence-corrected chi connectivity index (χ4v) is 5.24.